The summed E-state index contributed by atoms with van der Waals surface area (Å²) in [6, 6.07) is 4.78. The summed E-state index contributed by atoms with van der Waals surface area (Å²) in [5.41, 5.74) is 4.00. The van der Waals surface area contributed by atoms with Crippen molar-refractivity contribution in [3.63, 3.8) is 0 Å². The Kier molecular flexibility index (Phi) is 4.23. The number of halogens is 1. The highest BCUT2D eigenvalue weighted by atomic mass is 32.2. The second-order valence-corrected chi connectivity index (χ2v) is 7.46. The molecule has 0 amide bonds. The Bertz CT molecular complexity index is 560. The predicted molar refractivity (Wildman–Crippen MR) is 72.6 cm³/mol. The van der Waals surface area contributed by atoms with E-state index < -0.39 is 9.84 Å². The van der Waals surface area contributed by atoms with Crippen LogP contribution in [0.4, 0.5) is 4.39 Å². The number of sulfone groups is 1. The molecule has 19 heavy (non-hydrogen) atoms. The maximum absolute atomic E-state index is 13.5. The van der Waals surface area contributed by atoms with Gasteiger partial charge in [0, 0.05) is 6.04 Å². The Hall–Kier alpha value is -0.980. The van der Waals surface area contributed by atoms with E-state index in [2.05, 4.69) is 5.43 Å². The zero-order chi connectivity index (χ0) is 14.0. The maximum Gasteiger partial charge on any atom is 0.150 e. The Morgan fingerprint density at radius 2 is 2.26 bits per heavy atom. The molecule has 0 aromatic heterocycles. The predicted octanol–water partition coefficient (Wildman–Crippen LogP) is 1.46. The molecule has 106 valence electrons. The number of hydrazine groups is 1. The third kappa shape index (κ3) is 3.52. The zero-order valence-corrected chi connectivity index (χ0v) is 11.7. The topological polar surface area (TPSA) is 72.2 Å². The molecule has 1 saturated heterocycles. The molecule has 1 aromatic carbocycles. The maximum atomic E-state index is 13.5. The molecule has 2 unspecified atom stereocenters. The minimum Gasteiger partial charge on any atom is -0.271 e. The van der Waals surface area contributed by atoms with Gasteiger partial charge in [-0.25, -0.2) is 12.8 Å². The van der Waals surface area contributed by atoms with Crippen LogP contribution in [-0.4, -0.2) is 19.9 Å². The van der Waals surface area contributed by atoms with Gasteiger partial charge in [0.2, 0.25) is 0 Å². The largest absolute Gasteiger partial charge is 0.271 e. The number of hydrogen-bond donors (Lipinski definition) is 2. The van der Waals surface area contributed by atoms with Crippen molar-refractivity contribution in [3.8, 4) is 0 Å². The first kappa shape index (κ1) is 14.4. The van der Waals surface area contributed by atoms with Crippen molar-refractivity contribution in [1.29, 1.82) is 0 Å². The zero-order valence-electron chi connectivity index (χ0n) is 10.9. The molecule has 2 rings (SSSR count). The van der Waals surface area contributed by atoms with Crippen molar-refractivity contribution >= 4 is 9.84 Å². The van der Waals surface area contributed by atoms with Gasteiger partial charge < -0.3 is 0 Å². The van der Waals surface area contributed by atoms with E-state index in [1.165, 1.54) is 6.07 Å². The number of nitrogens with two attached hydrogens (primary N) is 1. The van der Waals surface area contributed by atoms with Crippen molar-refractivity contribution in [2.24, 2.45) is 11.8 Å². The van der Waals surface area contributed by atoms with Crippen LogP contribution in [0.1, 0.15) is 30.0 Å². The van der Waals surface area contributed by atoms with Crippen LogP contribution in [0.3, 0.4) is 0 Å². The summed E-state index contributed by atoms with van der Waals surface area (Å²) in [6.07, 6.45) is 1.27. The summed E-state index contributed by atoms with van der Waals surface area (Å²) < 4.78 is 36.4. The Morgan fingerprint density at radius 3 is 2.79 bits per heavy atom. The van der Waals surface area contributed by atoms with E-state index in [4.69, 9.17) is 5.84 Å². The van der Waals surface area contributed by atoms with Gasteiger partial charge >= 0.3 is 0 Å². The smallest absolute Gasteiger partial charge is 0.150 e. The summed E-state index contributed by atoms with van der Waals surface area (Å²) in [7, 11) is -2.89. The first-order chi connectivity index (χ1) is 8.91. The van der Waals surface area contributed by atoms with Crippen molar-refractivity contribution in [2.45, 2.75) is 25.8 Å². The highest BCUT2D eigenvalue weighted by Crippen LogP contribution is 2.29. The molecule has 3 N–H and O–H groups in total. The summed E-state index contributed by atoms with van der Waals surface area (Å²) in [5, 5.41) is 0. The molecule has 2 atom stereocenters. The molecule has 0 spiro atoms. The second-order valence-electron chi connectivity index (χ2n) is 5.23. The molecule has 1 fully saturated rings. The van der Waals surface area contributed by atoms with Gasteiger partial charge in [-0.05, 0) is 42.9 Å². The van der Waals surface area contributed by atoms with E-state index in [0.717, 1.165) is 5.56 Å². The molecule has 1 aliphatic heterocycles. The van der Waals surface area contributed by atoms with Crippen LogP contribution in [0.15, 0.2) is 18.2 Å². The lowest BCUT2D eigenvalue weighted by Crippen LogP contribution is -2.30. The fraction of sp³-hybridized carbons (Fsp3) is 0.538. The number of rotatable bonds is 4. The van der Waals surface area contributed by atoms with Crippen LogP contribution < -0.4 is 11.3 Å². The Balaban J connectivity index is 2.10. The van der Waals surface area contributed by atoms with E-state index in [-0.39, 0.29) is 29.3 Å². The quantitative estimate of drug-likeness (QED) is 0.649. The van der Waals surface area contributed by atoms with Crippen LogP contribution >= 0.6 is 0 Å². The number of aryl methyl sites for hydroxylation is 1. The molecule has 0 aliphatic carbocycles. The van der Waals surface area contributed by atoms with Gasteiger partial charge in [-0.15, -0.1) is 0 Å². The van der Waals surface area contributed by atoms with E-state index >= 15 is 0 Å². The molecule has 1 heterocycles. The van der Waals surface area contributed by atoms with E-state index in [0.29, 0.717) is 18.4 Å². The number of nitrogens with one attached hydrogen (secondary N) is 1. The third-order valence-electron chi connectivity index (χ3n) is 3.70. The van der Waals surface area contributed by atoms with Gasteiger partial charge in [-0.3, -0.25) is 11.3 Å². The van der Waals surface area contributed by atoms with E-state index in [9.17, 15) is 12.8 Å². The lowest BCUT2D eigenvalue weighted by Gasteiger charge is -2.20. The highest BCUT2D eigenvalue weighted by molar-refractivity contribution is 7.91. The van der Waals surface area contributed by atoms with Gasteiger partial charge in [0.15, 0.2) is 9.84 Å². The Morgan fingerprint density at radius 1 is 1.53 bits per heavy atom. The highest BCUT2D eigenvalue weighted by Gasteiger charge is 2.30. The monoisotopic (exact) mass is 286 g/mol. The van der Waals surface area contributed by atoms with Crippen LogP contribution in [0.2, 0.25) is 0 Å². The molecular formula is C13H19FN2O2S. The summed E-state index contributed by atoms with van der Waals surface area (Å²) in [4.78, 5) is 0. The first-order valence-corrected chi connectivity index (χ1v) is 8.16. The van der Waals surface area contributed by atoms with Crippen LogP contribution in [0.25, 0.3) is 0 Å². The summed E-state index contributed by atoms with van der Waals surface area (Å²) in [5.74, 6) is 5.80. The van der Waals surface area contributed by atoms with Crippen LogP contribution in [-0.2, 0) is 9.84 Å². The normalized spacial score (nSPS) is 23.4. The molecule has 0 radical (unpaired) electrons. The summed E-state index contributed by atoms with van der Waals surface area (Å²) >= 11 is 0. The molecular weight excluding hydrogens is 267 g/mol. The SMILES string of the molecule is Cc1ccc(C(CC2CCS(=O)(=O)C2)NN)cc1F. The lowest BCUT2D eigenvalue weighted by atomic mass is 9.94. The molecule has 4 nitrogen and oxygen atoms in total. The fourth-order valence-electron chi connectivity index (χ4n) is 2.52. The van der Waals surface area contributed by atoms with Crippen molar-refractivity contribution < 1.29 is 12.8 Å². The molecule has 1 aromatic rings. The van der Waals surface area contributed by atoms with Crippen molar-refractivity contribution in [2.75, 3.05) is 11.5 Å². The average Bonchev–Trinajstić information content (AvgIpc) is 2.69. The van der Waals surface area contributed by atoms with Gasteiger partial charge in [-0.2, -0.15) is 0 Å². The average molecular weight is 286 g/mol. The van der Waals surface area contributed by atoms with Gasteiger partial charge in [0.05, 0.1) is 11.5 Å². The third-order valence-corrected chi connectivity index (χ3v) is 5.53. The Labute approximate surface area is 113 Å². The van der Waals surface area contributed by atoms with E-state index in [1.807, 2.05) is 6.07 Å². The van der Waals surface area contributed by atoms with E-state index in [1.54, 1.807) is 13.0 Å². The standard InChI is InChI=1S/C13H19FN2O2S/c1-9-2-3-11(7-12(9)14)13(16-15)6-10-4-5-19(17,18)8-10/h2-3,7,10,13,16H,4-6,8,15H2,1H3. The van der Waals surface area contributed by atoms with Gasteiger partial charge in [0.1, 0.15) is 5.82 Å². The molecule has 0 bridgehead atoms. The second kappa shape index (κ2) is 5.56. The minimum absolute atomic E-state index is 0.0930. The van der Waals surface area contributed by atoms with Crippen molar-refractivity contribution in [3.05, 3.63) is 35.1 Å². The molecule has 6 heteroatoms. The molecule has 0 saturated carbocycles. The van der Waals surface area contributed by atoms with Crippen molar-refractivity contribution in [1.82, 2.24) is 5.43 Å². The number of benzene rings is 1. The minimum atomic E-state index is -2.89. The lowest BCUT2D eigenvalue weighted by molar-refractivity contribution is 0.419. The number of hydrogen-bond acceptors (Lipinski definition) is 4. The van der Waals surface area contributed by atoms with Gasteiger partial charge in [-0.1, -0.05) is 12.1 Å². The van der Waals surface area contributed by atoms with Crippen LogP contribution in [0.5, 0.6) is 0 Å². The first-order valence-electron chi connectivity index (χ1n) is 6.34. The van der Waals surface area contributed by atoms with Gasteiger partial charge in [0.25, 0.3) is 0 Å². The van der Waals surface area contributed by atoms with Crippen LogP contribution in [0, 0.1) is 18.7 Å². The fourth-order valence-corrected chi connectivity index (χ4v) is 4.40. The summed E-state index contributed by atoms with van der Waals surface area (Å²) in [6.45, 7) is 1.70. The molecule has 1 aliphatic rings.